The van der Waals surface area contributed by atoms with E-state index in [-0.39, 0.29) is 0 Å². The van der Waals surface area contributed by atoms with Gasteiger partial charge in [0.1, 0.15) is 0 Å². The Kier molecular flexibility index (Phi) is 4.41. The van der Waals surface area contributed by atoms with Gasteiger partial charge in [-0.3, -0.25) is 0 Å². The first kappa shape index (κ1) is 14.7. The van der Waals surface area contributed by atoms with E-state index in [1.807, 2.05) is 11.3 Å². The maximum Gasteiger partial charge on any atom is 0.0975 e. The first-order valence-electron chi connectivity index (χ1n) is 7.92. The second-order valence-corrected chi connectivity index (χ2v) is 7.31. The minimum absolute atomic E-state index is 0.739. The molecule has 3 heteroatoms. The van der Waals surface area contributed by atoms with Crippen LogP contribution < -0.4 is 5.32 Å². The fraction of sp³-hybridized carbons (Fsp3) is 0.500. The van der Waals surface area contributed by atoms with E-state index in [2.05, 4.69) is 44.3 Å². The van der Waals surface area contributed by atoms with Crippen LogP contribution >= 0.6 is 11.3 Å². The molecule has 0 aliphatic heterocycles. The van der Waals surface area contributed by atoms with Crippen LogP contribution in [0.15, 0.2) is 18.2 Å². The molecule has 1 heterocycles. The Morgan fingerprint density at radius 2 is 1.90 bits per heavy atom. The van der Waals surface area contributed by atoms with E-state index in [4.69, 9.17) is 4.98 Å². The molecule has 2 aromatic rings. The molecular formula is C18H24N2S. The average Bonchev–Trinajstić information content (AvgIpc) is 3.18. The van der Waals surface area contributed by atoms with Crippen LogP contribution in [-0.2, 0) is 13.0 Å². The predicted octanol–water partition coefficient (Wildman–Crippen LogP) is 4.34. The van der Waals surface area contributed by atoms with Crippen LogP contribution in [-0.4, -0.2) is 11.5 Å². The van der Waals surface area contributed by atoms with E-state index in [9.17, 15) is 0 Å². The lowest BCUT2D eigenvalue weighted by Gasteiger charge is -2.02. The molecule has 1 aromatic heterocycles. The summed E-state index contributed by atoms with van der Waals surface area (Å²) in [7, 11) is 0. The highest BCUT2D eigenvalue weighted by atomic mass is 32.1. The van der Waals surface area contributed by atoms with Crippen LogP contribution in [0.4, 0.5) is 0 Å². The third-order valence-electron chi connectivity index (χ3n) is 3.91. The summed E-state index contributed by atoms with van der Waals surface area (Å²) in [6.45, 7) is 8.50. The molecule has 0 amide bonds. The molecule has 21 heavy (non-hydrogen) atoms. The molecule has 1 saturated carbocycles. The van der Waals surface area contributed by atoms with Crippen molar-refractivity contribution < 1.29 is 0 Å². The van der Waals surface area contributed by atoms with Gasteiger partial charge in [0.2, 0.25) is 0 Å². The standard InChI is InChI=1S/C18H24N2S/c1-4-19-11-16-18(15-5-6-15)20-17(21-16)10-14-8-12(2)7-13(3)9-14/h7-9,15,19H,4-6,10-11H2,1-3H3. The van der Waals surface area contributed by atoms with Crippen molar-refractivity contribution in [1.82, 2.24) is 10.3 Å². The van der Waals surface area contributed by atoms with Gasteiger partial charge >= 0.3 is 0 Å². The highest BCUT2D eigenvalue weighted by Crippen LogP contribution is 2.42. The van der Waals surface area contributed by atoms with Crippen LogP contribution in [0.1, 0.15) is 58.0 Å². The number of nitrogens with one attached hydrogen (secondary N) is 1. The molecule has 1 aliphatic carbocycles. The Hall–Kier alpha value is -1.19. The number of aryl methyl sites for hydroxylation is 2. The van der Waals surface area contributed by atoms with Gasteiger partial charge in [0.15, 0.2) is 0 Å². The SMILES string of the molecule is CCNCc1sc(Cc2cc(C)cc(C)c2)nc1C1CC1. The summed E-state index contributed by atoms with van der Waals surface area (Å²) in [4.78, 5) is 6.42. The Morgan fingerprint density at radius 3 is 2.52 bits per heavy atom. The van der Waals surface area contributed by atoms with Crippen LogP contribution in [0.3, 0.4) is 0 Å². The van der Waals surface area contributed by atoms with Crippen LogP contribution in [0, 0.1) is 13.8 Å². The molecule has 0 unspecified atom stereocenters. The van der Waals surface area contributed by atoms with Crippen molar-refractivity contribution in [3.63, 3.8) is 0 Å². The van der Waals surface area contributed by atoms with Crippen LogP contribution in [0.5, 0.6) is 0 Å². The highest BCUT2D eigenvalue weighted by Gasteiger charge is 2.29. The van der Waals surface area contributed by atoms with Gasteiger partial charge in [-0.2, -0.15) is 0 Å². The molecule has 0 atom stereocenters. The molecule has 0 radical (unpaired) electrons. The third-order valence-corrected chi connectivity index (χ3v) is 4.98. The lowest BCUT2D eigenvalue weighted by atomic mass is 10.1. The first-order valence-corrected chi connectivity index (χ1v) is 8.73. The molecule has 112 valence electrons. The maximum absolute atomic E-state index is 4.96. The Bertz CT molecular complexity index is 606. The largest absolute Gasteiger partial charge is 0.312 e. The second-order valence-electron chi connectivity index (χ2n) is 6.14. The zero-order valence-electron chi connectivity index (χ0n) is 13.2. The number of hydrogen-bond acceptors (Lipinski definition) is 3. The van der Waals surface area contributed by atoms with Crippen molar-refractivity contribution in [2.75, 3.05) is 6.54 Å². The van der Waals surface area contributed by atoms with Gasteiger partial charge in [-0.05, 0) is 38.8 Å². The van der Waals surface area contributed by atoms with Crippen molar-refractivity contribution in [1.29, 1.82) is 0 Å². The van der Waals surface area contributed by atoms with Gasteiger partial charge in [0, 0.05) is 23.8 Å². The number of benzene rings is 1. The quantitative estimate of drug-likeness (QED) is 0.858. The molecular weight excluding hydrogens is 276 g/mol. The summed E-state index contributed by atoms with van der Waals surface area (Å²) in [6.07, 6.45) is 3.62. The average molecular weight is 300 g/mol. The number of aromatic nitrogens is 1. The second kappa shape index (κ2) is 6.29. The van der Waals surface area contributed by atoms with Gasteiger partial charge in [0.05, 0.1) is 10.7 Å². The van der Waals surface area contributed by atoms with Gasteiger partial charge < -0.3 is 5.32 Å². The van der Waals surface area contributed by atoms with E-state index in [1.165, 1.54) is 45.1 Å². The maximum atomic E-state index is 4.96. The van der Waals surface area contributed by atoms with Gasteiger partial charge in [-0.15, -0.1) is 11.3 Å². The fourth-order valence-electron chi connectivity index (χ4n) is 2.88. The Labute approximate surface area is 131 Å². The minimum atomic E-state index is 0.739. The zero-order chi connectivity index (χ0) is 14.8. The molecule has 0 saturated heterocycles. The highest BCUT2D eigenvalue weighted by molar-refractivity contribution is 7.11. The van der Waals surface area contributed by atoms with Crippen LogP contribution in [0.2, 0.25) is 0 Å². The number of thiazole rings is 1. The molecule has 0 bridgehead atoms. The van der Waals surface area contributed by atoms with E-state index in [0.29, 0.717) is 0 Å². The van der Waals surface area contributed by atoms with Gasteiger partial charge in [-0.1, -0.05) is 36.2 Å². The normalized spacial score (nSPS) is 14.6. The van der Waals surface area contributed by atoms with E-state index >= 15 is 0 Å². The monoisotopic (exact) mass is 300 g/mol. The lowest BCUT2D eigenvalue weighted by Crippen LogP contribution is -2.11. The zero-order valence-corrected chi connectivity index (χ0v) is 14.0. The van der Waals surface area contributed by atoms with Gasteiger partial charge in [0.25, 0.3) is 0 Å². The smallest absolute Gasteiger partial charge is 0.0975 e. The van der Waals surface area contributed by atoms with Crippen molar-refractivity contribution in [3.05, 3.63) is 50.5 Å². The number of hydrogen-bond donors (Lipinski definition) is 1. The van der Waals surface area contributed by atoms with Crippen molar-refractivity contribution >= 4 is 11.3 Å². The Morgan fingerprint density at radius 1 is 1.19 bits per heavy atom. The van der Waals surface area contributed by atoms with Crippen molar-refractivity contribution in [3.8, 4) is 0 Å². The molecule has 1 aliphatic rings. The summed E-state index contributed by atoms with van der Waals surface area (Å²) >= 11 is 1.90. The predicted molar refractivity (Wildman–Crippen MR) is 90.2 cm³/mol. The first-order chi connectivity index (χ1) is 10.2. The van der Waals surface area contributed by atoms with Gasteiger partial charge in [-0.25, -0.2) is 4.98 Å². The molecule has 0 spiro atoms. The summed E-state index contributed by atoms with van der Waals surface area (Å²) in [5.41, 5.74) is 5.45. The van der Waals surface area contributed by atoms with E-state index in [0.717, 1.165) is 25.4 Å². The summed E-state index contributed by atoms with van der Waals surface area (Å²) in [5, 5.41) is 4.73. The topological polar surface area (TPSA) is 24.9 Å². The lowest BCUT2D eigenvalue weighted by molar-refractivity contribution is 0.726. The molecule has 1 N–H and O–H groups in total. The summed E-state index contributed by atoms with van der Waals surface area (Å²) in [5.74, 6) is 0.739. The molecule has 2 nitrogen and oxygen atoms in total. The van der Waals surface area contributed by atoms with Crippen molar-refractivity contribution in [2.24, 2.45) is 0 Å². The minimum Gasteiger partial charge on any atom is -0.312 e. The van der Waals surface area contributed by atoms with E-state index < -0.39 is 0 Å². The van der Waals surface area contributed by atoms with E-state index in [1.54, 1.807) is 0 Å². The summed E-state index contributed by atoms with van der Waals surface area (Å²) < 4.78 is 0. The number of nitrogens with zero attached hydrogens (tertiary/aromatic N) is 1. The van der Waals surface area contributed by atoms with Crippen molar-refractivity contribution in [2.45, 2.75) is 52.5 Å². The van der Waals surface area contributed by atoms with Crippen LogP contribution in [0.25, 0.3) is 0 Å². The molecule has 1 aromatic carbocycles. The molecule has 3 rings (SSSR count). The Balaban J connectivity index is 1.81. The summed E-state index contributed by atoms with van der Waals surface area (Å²) in [6, 6.07) is 6.81. The number of rotatable bonds is 6. The molecule has 1 fully saturated rings. The third kappa shape index (κ3) is 3.72. The fourth-order valence-corrected chi connectivity index (χ4v) is 4.03.